The fraction of sp³-hybridized carbons (Fsp3) is 0.115. The lowest BCUT2D eigenvalue weighted by Crippen LogP contribution is -2.13. The monoisotopic (exact) mass is 568 g/mol. The molecule has 0 unspecified atom stereocenters. The van der Waals surface area contributed by atoms with Gasteiger partial charge in [0.15, 0.2) is 11.5 Å². The predicted octanol–water partition coefficient (Wildman–Crippen LogP) is 5.51. The van der Waals surface area contributed by atoms with Crippen LogP contribution < -0.4 is 14.8 Å². The first-order chi connectivity index (χ1) is 16.4. The van der Waals surface area contributed by atoms with Crippen LogP contribution in [0.1, 0.15) is 28.4 Å². The fourth-order valence-corrected chi connectivity index (χ4v) is 3.79. The highest BCUT2D eigenvalue weighted by Crippen LogP contribution is 2.35. The standard InChI is InChI=1S/C26H21IN2O5/c1-2-33-23-14-18(12-20(15-28)25(30)29-21-6-4-3-5-7-21)13-22(27)24(23)34-16-17-8-10-19(11-9-17)26(31)32/h3-14H,2,16H2,1H3,(H,29,30)(H,31,32)/b20-12+. The number of nitrogens with one attached hydrogen (secondary N) is 1. The molecule has 0 radical (unpaired) electrons. The third kappa shape index (κ3) is 6.59. The van der Waals surface area contributed by atoms with Crippen LogP contribution in [0, 0.1) is 14.9 Å². The molecule has 0 aliphatic heterocycles. The zero-order valence-electron chi connectivity index (χ0n) is 18.2. The molecule has 0 aromatic heterocycles. The van der Waals surface area contributed by atoms with Crippen LogP contribution in [-0.4, -0.2) is 23.6 Å². The molecular formula is C26H21IN2O5. The van der Waals surface area contributed by atoms with Crippen LogP contribution in [0.25, 0.3) is 6.08 Å². The number of rotatable bonds is 9. The minimum Gasteiger partial charge on any atom is -0.490 e. The van der Waals surface area contributed by atoms with Crippen LogP contribution in [0.4, 0.5) is 5.69 Å². The van der Waals surface area contributed by atoms with Crippen LogP contribution >= 0.6 is 22.6 Å². The van der Waals surface area contributed by atoms with Gasteiger partial charge in [-0.25, -0.2) is 4.79 Å². The molecule has 0 bridgehead atoms. The molecule has 8 heteroatoms. The van der Waals surface area contributed by atoms with E-state index in [0.717, 1.165) is 9.13 Å². The Labute approximate surface area is 210 Å². The number of hydrogen-bond donors (Lipinski definition) is 2. The molecule has 3 rings (SSSR count). The van der Waals surface area contributed by atoms with Gasteiger partial charge in [-0.1, -0.05) is 30.3 Å². The van der Waals surface area contributed by atoms with Gasteiger partial charge in [0.25, 0.3) is 5.91 Å². The lowest BCUT2D eigenvalue weighted by Gasteiger charge is -2.15. The number of para-hydroxylation sites is 1. The molecule has 172 valence electrons. The molecule has 0 fully saturated rings. The Hall–Kier alpha value is -3.84. The number of hydrogen-bond acceptors (Lipinski definition) is 5. The summed E-state index contributed by atoms with van der Waals surface area (Å²) in [5, 5.41) is 21.3. The van der Waals surface area contributed by atoms with E-state index in [1.165, 1.54) is 18.2 Å². The normalized spacial score (nSPS) is 10.8. The van der Waals surface area contributed by atoms with E-state index in [4.69, 9.17) is 14.6 Å². The number of nitrogens with zero attached hydrogens (tertiary/aromatic N) is 1. The number of carbonyl (C=O) groups is 2. The number of carboxylic acid groups (broad SMARTS) is 1. The van der Waals surface area contributed by atoms with E-state index in [2.05, 4.69) is 27.9 Å². The summed E-state index contributed by atoms with van der Waals surface area (Å²) in [5.41, 5.74) is 2.17. The quantitative estimate of drug-likeness (QED) is 0.200. The van der Waals surface area contributed by atoms with Crippen molar-refractivity contribution < 1.29 is 24.2 Å². The maximum Gasteiger partial charge on any atom is 0.335 e. The number of carbonyl (C=O) groups excluding carboxylic acids is 1. The summed E-state index contributed by atoms with van der Waals surface area (Å²) in [7, 11) is 0. The van der Waals surface area contributed by atoms with Gasteiger partial charge in [-0.2, -0.15) is 5.26 Å². The number of nitriles is 1. The Morgan fingerprint density at radius 2 is 1.79 bits per heavy atom. The molecule has 1 amide bonds. The van der Waals surface area contributed by atoms with E-state index in [-0.39, 0.29) is 17.7 Å². The molecule has 2 N–H and O–H groups in total. The second kappa shape index (κ2) is 11.9. The van der Waals surface area contributed by atoms with Crippen molar-refractivity contribution in [1.82, 2.24) is 0 Å². The molecule has 0 aliphatic carbocycles. The van der Waals surface area contributed by atoms with Crippen molar-refractivity contribution in [2.24, 2.45) is 0 Å². The summed E-state index contributed by atoms with van der Waals surface area (Å²) >= 11 is 2.11. The van der Waals surface area contributed by atoms with Crippen LogP contribution in [0.5, 0.6) is 11.5 Å². The summed E-state index contributed by atoms with van der Waals surface area (Å²) in [4.78, 5) is 23.6. The number of carboxylic acids is 1. The Bertz CT molecular complexity index is 1250. The maximum atomic E-state index is 12.5. The van der Waals surface area contributed by atoms with E-state index in [9.17, 15) is 14.9 Å². The highest BCUT2D eigenvalue weighted by molar-refractivity contribution is 14.1. The summed E-state index contributed by atoms with van der Waals surface area (Å²) in [5.74, 6) is -0.497. The molecule has 0 heterocycles. The average Bonchev–Trinajstić information content (AvgIpc) is 2.83. The van der Waals surface area contributed by atoms with Crippen molar-refractivity contribution in [1.29, 1.82) is 5.26 Å². The van der Waals surface area contributed by atoms with E-state index in [1.807, 2.05) is 19.1 Å². The zero-order chi connectivity index (χ0) is 24.5. The van der Waals surface area contributed by atoms with Gasteiger partial charge in [0.05, 0.1) is 15.7 Å². The van der Waals surface area contributed by atoms with E-state index >= 15 is 0 Å². The Kier molecular flexibility index (Phi) is 8.65. The number of benzene rings is 3. The minimum atomic E-state index is -0.988. The summed E-state index contributed by atoms with van der Waals surface area (Å²) < 4.78 is 12.5. The first-order valence-corrected chi connectivity index (χ1v) is 11.4. The maximum absolute atomic E-state index is 12.5. The third-order valence-corrected chi connectivity index (χ3v) is 5.42. The fourth-order valence-electron chi connectivity index (χ4n) is 3.01. The largest absolute Gasteiger partial charge is 0.490 e. The topological polar surface area (TPSA) is 109 Å². The summed E-state index contributed by atoms with van der Waals surface area (Å²) in [6, 6.07) is 20.8. The molecule has 3 aromatic rings. The van der Waals surface area contributed by atoms with Gasteiger partial charge in [0, 0.05) is 5.69 Å². The molecule has 0 spiro atoms. The lowest BCUT2D eigenvalue weighted by molar-refractivity contribution is -0.112. The Morgan fingerprint density at radius 1 is 1.09 bits per heavy atom. The number of halogens is 1. The van der Waals surface area contributed by atoms with E-state index in [0.29, 0.717) is 29.4 Å². The summed E-state index contributed by atoms with van der Waals surface area (Å²) in [6.07, 6.45) is 1.50. The van der Waals surface area contributed by atoms with Gasteiger partial charge >= 0.3 is 5.97 Å². The van der Waals surface area contributed by atoms with Gasteiger partial charge in [0.2, 0.25) is 0 Å². The predicted molar refractivity (Wildman–Crippen MR) is 137 cm³/mol. The van der Waals surface area contributed by atoms with Crippen molar-refractivity contribution in [3.8, 4) is 17.6 Å². The third-order valence-electron chi connectivity index (χ3n) is 4.62. The van der Waals surface area contributed by atoms with Crippen LogP contribution in [0.15, 0.2) is 72.3 Å². The van der Waals surface area contributed by atoms with E-state index < -0.39 is 11.9 Å². The number of amides is 1. The molecule has 0 saturated heterocycles. The van der Waals surface area contributed by atoms with Gasteiger partial charge in [0.1, 0.15) is 18.2 Å². The average molecular weight is 568 g/mol. The molecule has 0 saturated carbocycles. The van der Waals surface area contributed by atoms with Crippen LogP contribution in [-0.2, 0) is 11.4 Å². The van der Waals surface area contributed by atoms with Gasteiger partial charge in [-0.05, 0) is 83.1 Å². The van der Waals surface area contributed by atoms with Gasteiger partial charge in [-0.3, -0.25) is 4.79 Å². The first-order valence-electron chi connectivity index (χ1n) is 10.3. The van der Waals surface area contributed by atoms with Crippen LogP contribution in [0.2, 0.25) is 0 Å². The second-order valence-electron chi connectivity index (χ2n) is 7.04. The second-order valence-corrected chi connectivity index (χ2v) is 8.21. The molecule has 34 heavy (non-hydrogen) atoms. The first kappa shape index (κ1) is 24.8. The Balaban J connectivity index is 1.82. The molecule has 7 nitrogen and oxygen atoms in total. The number of aromatic carboxylic acids is 1. The number of anilines is 1. The van der Waals surface area contributed by atoms with Crippen LogP contribution in [0.3, 0.4) is 0 Å². The summed E-state index contributed by atoms with van der Waals surface area (Å²) in [6.45, 7) is 2.46. The van der Waals surface area contributed by atoms with Gasteiger partial charge < -0.3 is 19.9 Å². The van der Waals surface area contributed by atoms with E-state index in [1.54, 1.807) is 48.5 Å². The minimum absolute atomic E-state index is 0.0470. The van der Waals surface area contributed by atoms with Crippen molar-refractivity contribution in [3.05, 3.63) is 92.6 Å². The SMILES string of the molecule is CCOc1cc(/C=C(\C#N)C(=O)Nc2ccccc2)cc(I)c1OCc1ccc(C(=O)O)cc1. The molecule has 0 atom stereocenters. The highest BCUT2D eigenvalue weighted by Gasteiger charge is 2.15. The van der Waals surface area contributed by atoms with Crippen molar-refractivity contribution in [2.45, 2.75) is 13.5 Å². The van der Waals surface area contributed by atoms with Gasteiger partial charge in [-0.15, -0.1) is 0 Å². The number of ether oxygens (including phenoxy) is 2. The Morgan fingerprint density at radius 3 is 2.41 bits per heavy atom. The van der Waals surface area contributed by atoms with Crippen molar-refractivity contribution in [3.63, 3.8) is 0 Å². The van der Waals surface area contributed by atoms with Crippen molar-refractivity contribution in [2.75, 3.05) is 11.9 Å². The highest BCUT2D eigenvalue weighted by atomic mass is 127. The smallest absolute Gasteiger partial charge is 0.335 e. The molecule has 3 aromatic carbocycles. The zero-order valence-corrected chi connectivity index (χ0v) is 20.4. The van der Waals surface area contributed by atoms with Crippen molar-refractivity contribution >= 4 is 46.2 Å². The molecular weight excluding hydrogens is 547 g/mol. The lowest BCUT2D eigenvalue weighted by atomic mass is 10.1. The molecule has 0 aliphatic rings.